The molecule has 0 aromatic rings. The van der Waals surface area contributed by atoms with Crippen LogP contribution < -0.4 is 5.32 Å². The Labute approximate surface area is 69.6 Å². The van der Waals surface area contributed by atoms with Crippen molar-refractivity contribution in [2.24, 2.45) is 0 Å². The smallest absolute Gasteiger partial charge is 0.103 e. The molecule has 11 heavy (non-hydrogen) atoms. The van der Waals surface area contributed by atoms with E-state index in [4.69, 9.17) is 5.26 Å². The second-order valence-electron chi connectivity index (χ2n) is 3.25. The molecule has 0 fully saturated rings. The lowest BCUT2D eigenvalue weighted by Crippen LogP contribution is -2.45. The topological polar surface area (TPSA) is 35.8 Å². The minimum atomic E-state index is -0.338. The second kappa shape index (κ2) is 4.35. The zero-order chi connectivity index (χ0) is 8.91. The first-order chi connectivity index (χ1) is 5.08. The Morgan fingerprint density at radius 1 is 1.55 bits per heavy atom. The second-order valence-corrected chi connectivity index (χ2v) is 3.25. The van der Waals surface area contributed by atoms with E-state index in [1.807, 2.05) is 13.8 Å². The van der Waals surface area contributed by atoms with Crippen molar-refractivity contribution in [1.82, 2.24) is 5.32 Å². The van der Waals surface area contributed by atoms with Crippen LogP contribution in [0.4, 0.5) is 0 Å². The SMILES string of the molecule is CCC(C)NC(C)(C#N)CC. The number of rotatable bonds is 4. The van der Waals surface area contributed by atoms with Crippen molar-refractivity contribution in [3.63, 3.8) is 0 Å². The highest BCUT2D eigenvalue weighted by molar-refractivity contribution is 5.03. The van der Waals surface area contributed by atoms with Gasteiger partial charge in [0.25, 0.3) is 0 Å². The molecule has 0 aliphatic carbocycles. The molecule has 0 radical (unpaired) electrons. The van der Waals surface area contributed by atoms with Crippen LogP contribution in [0.3, 0.4) is 0 Å². The van der Waals surface area contributed by atoms with E-state index in [-0.39, 0.29) is 5.54 Å². The fourth-order valence-electron chi connectivity index (χ4n) is 0.859. The number of hydrogen-bond acceptors (Lipinski definition) is 2. The summed E-state index contributed by atoms with van der Waals surface area (Å²) in [6, 6.07) is 2.71. The Kier molecular flexibility index (Phi) is 4.14. The van der Waals surface area contributed by atoms with E-state index in [9.17, 15) is 0 Å². The van der Waals surface area contributed by atoms with Gasteiger partial charge in [-0.2, -0.15) is 5.26 Å². The van der Waals surface area contributed by atoms with Gasteiger partial charge in [-0.1, -0.05) is 13.8 Å². The Bertz CT molecular complexity index is 148. The van der Waals surface area contributed by atoms with E-state index in [0.717, 1.165) is 12.8 Å². The van der Waals surface area contributed by atoms with Gasteiger partial charge in [0, 0.05) is 6.04 Å². The first kappa shape index (κ1) is 10.4. The van der Waals surface area contributed by atoms with Crippen molar-refractivity contribution in [3.05, 3.63) is 0 Å². The molecule has 0 bridgehead atoms. The van der Waals surface area contributed by atoms with Crippen LogP contribution in [0.1, 0.15) is 40.5 Å². The fourth-order valence-corrected chi connectivity index (χ4v) is 0.859. The quantitative estimate of drug-likeness (QED) is 0.673. The van der Waals surface area contributed by atoms with Gasteiger partial charge in [0.2, 0.25) is 0 Å². The summed E-state index contributed by atoms with van der Waals surface area (Å²) in [5.74, 6) is 0. The predicted molar refractivity (Wildman–Crippen MR) is 47.2 cm³/mol. The van der Waals surface area contributed by atoms with Gasteiger partial charge in [-0.05, 0) is 26.7 Å². The molecule has 0 aliphatic rings. The molecule has 0 saturated carbocycles. The number of nitrogens with one attached hydrogen (secondary N) is 1. The van der Waals surface area contributed by atoms with Crippen LogP contribution in [0.5, 0.6) is 0 Å². The van der Waals surface area contributed by atoms with E-state index in [1.54, 1.807) is 0 Å². The minimum Gasteiger partial charge on any atom is -0.297 e. The Morgan fingerprint density at radius 2 is 2.09 bits per heavy atom. The summed E-state index contributed by atoms with van der Waals surface area (Å²) in [5, 5.41) is 12.1. The van der Waals surface area contributed by atoms with Gasteiger partial charge in [0.05, 0.1) is 6.07 Å². The molecule has 2 unspecified atom stereocenters. The molecule has 64 valence electrons. The Morgan fingerprint density at radius 3 is 2.36 bits per heavy atom. The normalized spacial score (nSPS) is 18.5. The maximum Gasteiger partial charge on any atom is 0.103 e. The molecule has 0 spiro atoms. The molecule has 0 aliphatic heterocycles. The van der Waals surface area contributed by atoms with Crippen LogP contribution in [0.25, 0.3) is 0 Å². The zero-order valence-electron chi connectivity index (χ0n) is 7.94. The summed E-state index contributed by atoms with van der Waals surface area (Å²) >= 11 is 0. The monoisotopic (exact) mass is 154 g/mol. The molecule has 2 atom stereocenters. The zero-order valence-corrected chi connectivity index (χ0v) is 7.94. The van der Waals surface area contributed by atoms with Gasteiger partial charge < -0.3 is 0 Å². The van der Waals surface area contributed by atoms with Crippen molar-refractivity contribution < 1.29 is 0 Å². The molecule has 2 heteroatoms. The van der Waals surface area contributed by atoms with Crippen LogP contribution in [-0.4, -0.2) is 11.6 Å². The highest BCUT2D eigenvalue weighted by Gasteiger charge is 2.21. The van der Waals surface area contributed by atoms with Gasteiger partial charge in [-0.3, -0.25) is 5.32 Å². The highest BCUT2D eigenvalue weighted by Crippen LogP contribution is 2.09. The third kappa shape index (κ3) is 3.38. The average Bonchev–Trinajstić information content (AvgIpc) is 2.04. The van der Waals surface area contributed by atoms with E-state index in [2.05, 4.69) is 25.2 Å². The number of hydrogen-bond donors (Lipinski definition) is 1. The van der Waals surface area contributed by atoms with E-state index >= 15 is 0 Å². The van der Waals surface area contributed by atoms with Crippen LogP contribution in [0.15, 0.2) is 0 Å². The van der Waals surface area contributed by atoms with Gasteiger partial charge in [0.1, 0.15) is 5.54 Å². The van der Waals surface area contributed by atoms with Gasteiger partial charge in [-0.25, -0.2) is 0 Å². The highest BCUT2D eigenvalue weighted by atomic mass is 15.0. The summed E-state index contributed by atoms with van der Waals surface area (Å²) in [4.78, 5) is 0. The van der Waals surface area contributed by atoms with Crippen molar-refractivity contribution in [2.45, 2.75) is 52.1 Å². The average molecular weight is 154 g/mol. The molecule has 0 aromatic carbocycles. The van der Waals surface area contributed by atoms with Crippen molar-refractivity contribution in [1.29, 1.82) is 5.26 Å². The molecule has 2 nitrogen and oxygen atoms in total. The molecule has 0 heterocycles. The van der Waals surface area contributed by atoms with Crippen LogP contribution >= 0.6 is 0 Å². The molecular weight excluding hydrogens is 136 g/mol. The van der Waals surface area contributed by atoms with Gasteiger partial charge in [0.15, 0.2) is 0 Å². The molecular formula is C9H18N2. The summed E-state index contributed by atoms with van der Waals surface area (Å²) in [5.41, 5.74) is -0.338. The van der Waals surface area contributed by atoms with Gasteiger partial charge >= 0.3 is 0 Å². The van der Waals surface area contributed by atoms with Crippen molar-refractivity contribution in [2.75, 3.05) is 0 Å². The standard InChI is InChI=1S/C9H18N2/c1-5-8(3)11-9(4,6-2)7-10/h8,11H,5-6H2,1-4H3. The predicted octanol–water partition coefficient (Wildman–Crippen LogP) is 2.07. The van der Waals surface area contributed by atoms with E-state index < -0.39 is 0 Å². The first-order valence-electron chi connectivity index (χ1n) is 4.27. The molecule has 0 saturated heterocycles. The van der Waals surface area contributed by atoms with Crippen molar-refractivity contribution >= 4 is 0 Å². The minimum absolute atomic E-state index is 0.338. The van der Waals surface area contributed by atoms with Crippen LogP contribution in [0.2, 0.25) is 0 Å². The largest absolute Gasteiger partial charge is 0.297 e. The van der Waals surface area contributed by atoms with Gasteiger partial charge in [-0.15, -0.1) is 0 Å². The van der Waals surface area contributed by atoms with E-state index in [0.29, 0.717) is 6.04 Å². The lowest BCUT2D eigenvalue weighted by molar-refractivity contribution is 0.375. The first-order valence-corrected chi connectivity index (χ1v) is 4.27. The van der Waals surface area contributed by atoms with Crippen LogP contribution in [0, 0.1) is 11.3 Å². The molecule has 0 rings (SSSR count). The third-order valence-electron chi connectivity index (χ3n) is 2.13. The number of nitriles is 1. The lowest BCUT2D eigenvalue weighted by Gasteiger charge is -2.25. The lowest BCUT2D eigenvalue weighted by atomic mass is 9.99. The fraction of sp³-hybridized carbons (Fsp3) is 0.889. The molecule has 0 aromatic heterocycles. The summed E-state index contributed by atoms with van der Waals surface area (Å²) in [6.45, 7) is 8.19. The number of nitrogens with zero attached hydrogens (tertiary/aromatic N) is 1. The van der Waals surface area contributed by atoms with Crippen molar-refractivity contribution in [3.8, 4) is 6.07 Å². The summed E-state index contributed by atoms with van der Waals surface area (Å²) in [6.07, 6.45) is 1.92. The molecule has 0 amide bonds. The maximum atomic E-state index is 8.82. The summed E-state index contributed by atoms with van der Waals surface area (Å²) < 4.78 is 0. The summed E-state index contributed by atoms with van der Waals surface area (Å²) in [7, 11) is 0. The maximum absolute atomic E-state index is 8.82. The van der Waals surface area contributed by atoms with E-state index in [1.165, 1.54) is 0 Å². The molecule has 1 N–H and O–H groups in total. The Hall–Kier alpha value is -0.550. The third-order valence-corrected chi connectivity index (χ3v) is 2.13. The Balaban J connectivity index is 3.99. The van der Waals surface area contributed by atoms with Crippen LogP contribution in [-0.2, 0) is 0 Å².